The topological polar surface area (TPSA) is 32.8 Å². The van der Waals surface area contributed by atoms with Crippen molar-refractivity contribution in [2.24, 2.45) is 0 Å². The second kappa shape index (κ2) is 17.6. The molecule has 4 heteroatoms. The molecule has 2 heterocycles. The van der Waals surface area contributed by atoms with Crippen molar-refractivity contribution in [2.75, 3.05) is 9.80 Å². The molecule has 0 spiro atoms. The van der Waals surface area contributed by atoms with Crippen molar-refractivity contribution in [3.05, 3.63) is 252 Å². The lowest BCUT2D eigenvalue weighted by Crippen LogP contribution is -2.17. The normalized spacial score (nSPS) is 14.3. The first-order valence-electron chi connectivity index (χ1n) is 29.8. The molecule has 0 saturated heterocycles. The summed E-state index contributed by atoms with van der Waals surface area (Å²) in [5, 5.41) is 10.7. The molecular weight excluding hydrogens is 1020 g/mol. The van der Waals surface area contributed by atoms with Gasteiger partial charge in [-0.05, 0) is 161 Å². The molecule has 2 aliphatic rings. The molecule has 0 radical (unpaired) electrons. The Morgan fingerprint density at radius 2 is 0.631 bits per heavy atom. The number of hydrogen-bond acceptors (Lipinski definition) is 4. The summed E-state index contributed by atoms with van der Waals surface area (Å²) < 4.78 is 15.0. The summed E-state index contributed by atoms with van der Waals surface area (Å²) >= 11 is 0. The summed E-state index contributed by atoms with van der Waals surface area (Å²) in [6.07, 6.45) is 0. The molecule has 0 amide bonds. The summed E-state index contributed by atoms with van der Waals surface area (Å²) in [6.45, 7) is 23.2. The summed E-state index contributed by atoms with van der Waals surface area (Å²) in [5.41, 5.74) is 22.4. The minimum absolute atomic E-state index is 0.0237. The number of furan rings is 2. The Kier molecular flexibility index (Phi) is 10.5. The van der Waals surface area contributed by atoms with Crippen molar-refractivity contribution in [2.45, 2.75) is 90.9 Å². The molecule has 4 nitrogen and oxygen atoms in total. The standard InChI is InChI=1S/C80H66N2O2/c1-77(2,3)47-31-35-49(36-32-47)81(51-39-41-57-55-23-13-17-27-63(55)79(7,8)65(57)43-51)67-45-61-53-21-11-12-22-54(53)62-46-68(72-60-26-16-20-30-70(60)84-76(72)74(62)73(61)75-71(67)59-25-15-19-29-69(59)83-75)82(50-37-33-48(34-38-50)78(4,5)6)52-40-42-58-56-24-14-18-28-64(56)80(9,10)66(58)44-52/h11-46H,1-10H3. The van der Waals surface area contributed by atoms with Crippen LogP contribution in [0, 0.1) is 0 Å². The van der Waals surface area contributed by atoms with E-state index >= 15 is 0 Å². The van der Waals surface area contributed by atoms with Gasteiger partial charge in [0.05, 0.1) is 22.1 Å². The van der Waals surface area contributed by atoms with E-state index in [9.17, 15) is 0 Å². The van der Waals surface area contributed by atoms with E-state index in [1.165, 1.54) is 55.6 Å². The predicted molar refractivity (Wildman–Crippen MR) is 355 cm³/mol. The van der Waals surface area contributed by atoms with Gasteiger partial charge in [-0.25, -0.2) is 0 Å². The van der Waals surface area contributed by atoms with Crippen molar-refractivity contribution < 1.29 is 8.83 Å². The molecule has 0 saturated carbocycles. The van der Waals surface area contributed by atoms with Gasteiger partial charge in [0.2, 0.25) is 0 Å². The van der Waals surface area contributed by atoms with Crippen LogP contribution in [0.3, 0.4) is 0 Å². The van der Waals surface area contributed by atoms with E-state index in [0.717, 1.165) is 110 Å². The smallest absolute Gasteiger partial charge is 0.146 e. The fourth-order valence-electron chi connectivity index (χ4n) is 14.7. The van der Waals surface area contributed by atoms with E-state index in [-0.39, 0.29) is 21.7 Å². The van der Waals surface area contributed by atoms with Crippen molar-refractivity contribution in [1.29, 1.82) is 0 Å². The lowest BCUT2D eigenvalue weighted by Gasteiger charge is -2.30. The maximum absolute atomic E-state index is 7.49. The second-order valence-electron chi connectivity index (χ2n) is 26.9. The maximum atomic E-state index is 7.49. The number of nitrogens with zero attached hydrogens (tertiary/aromatic N) is 2. The van der Waals surface area contributed by atoms with Crippen LogP contribution in [0.15, 0.2) is 227 Å². The van der Waals surface area contributed by atoms with Crippen LogP contribution in [0.2, 0.25) is 0 Å². The third-order valence-electron chi connectivity index (χ3n) is 19.1. The molecule has 0 aliphatic heterocycles. The highest BCUT2D eigenvalue weighted by molar-refractivity contribution is 6.40. The van der Waals surface area contributed by atoms with Crippen LogP contribution in [0.1, 0.15) is 103 Å². The zero-order chi connectivity index (χ0) is 57.3. The molecule has 14 aromatic rings. The van der Waals surface area contributed by atoms with Gasteiger partial charge < -0.3 is 18.6 Å². The summed E-state index contributed by atoms with van der Waals surface area (Å²) in [4.78, 5) is 4.99. The van der Waals surface area contributed by atoms with Crippen LogP contribution in [-0.4, -0.2) is 0 Å². The predicted octanol–water partition coefficient (Wildman–Crippen LogP) is 23.1. The minimum atomic E-state index is -0.203. The fraction of sp³-hybridized carbons (Fsp3) is 0.175. The lowest BCUT2D eigenvalue weighted by atomic mass is 9.82. The SMILES string of the molecule is CC(C)(C)c1ccc(N(c2ccc3c(c2)C(C)(C)c2ccccc2-3)c2cc3c4ccccc4c4cc(N(c5ccc(C(C)(C)C)cc5)c5ccc6c(c5)C(C)(C)c5ccccc5-6)c5c6ccccc6oc5c4c3c3oc4ccccc4c23)cc1. The monoisotopic (exact) mass is 1090 g/mol. The first-order chi connectivity index (χ1) is 40.4. The van der Waals surface area contributed by atoms with Crippen LogP contribution in [-0.2, 0) is 21.7 Å². The number of fused-ring (bicyclic) bond motifs is 20. The number of anilines is 6. The van der Waals surface area contributed by atoms with Gasteiger partial charge >= 0.3 is 0 Å². The van der Waals surface area contributed by atoms with Crippen LogP contribution in [0.4, 0.5) is 34.1 Å². The van der Waals surface area contributed by atoms with Gasteiger partial charge in [-0.2, -0.15) is 0 Å². The van der Waals surface area contributed by atoms with E-state index in [1.807, 2.05) is 0 Å². The van der Waals surface area contributed by atoms with E-state index in [1.54, 1.807) is 0 Å². The fourth-order valence-corrected chi connectivity index (χ4v) is 14.7. The zero-order valence-electron chi connectivity index (χ0n) is 49.5. The highest BCUT2D eigenvalue weighted by Gasteiger charge is 2.38. The van der Waals surface area contributed by atoms with E-state index in [0.29, 0.717) is 0 Å². The van der Waals surface area contributed by atoms with Gasteiger partial charge in [-0.15, -0.1) is 0 Å². The van der Waals surface area contributed by atoms with Crippen molar-refractivity contribution in [3.8, 4) is 22.3 Å². The molecule has 16 rings (SSSR count). The van der Waals surface area contributed by atoms with Crippen molar-refractivity contribution >= 4 is 110 Å². The van der Waals surface area contributed by atoms with Crippen molar-refractivity contribution in [1.82, 2.24) is 0 Å². The second-order valence-corrected chi connectivity index (χ2v) is 26.9. The third-order valence-corrected chi connectivity index (χ3v) is 19.1. The molecule has 84 heavy (non-hydrogen) atoms. The number of hydrogen-bond donors (Lipinski definition) is 0. The Morgan fingerprint density at radius 1 is 0.298 bits per heavy atom. The molecule has 0 N–H and O–H groups in total. The highest BCUT2D eigenvalue weighted by Crippen LogP contribution is 2.57. The number of para-hydroxylation sites is 2. The minimum Gasteiger partial charge on any atom is -0.455 e. The molecule has 0 fully saturated rings. The third kappa shape index (κ3) is 7.19. The molecule has 2 aliphatic carbocycles. The number of benzene rings is 12. The van der Waals surface area contributed by atoms with E-state index < -0.39 is 0 Å². The van der Waals surface area contributed by atoms with E-state index in [4.69, 9.17) is 8.83 Å². The van der Waals surface area contributed by atoms with E-state index in [2.05, 4.69) is 297 Å². The lowest BCUT2D eigenvalue weighted by molar-refractivity contribution is 0.590. The van der Waals surface area contributed by atoms with Gasteiger partial charge in [0.1, 0.15) is 22.3 Å². The zero-order valence-corrected chi connectivity index (χ0v) is 49.5. The molecule has 0 bridgehead atoms. The molecule has 0 unspecified atom stereocenters. The average Bonchev–Trinajstić information content (AvgIpc) is 1.54. The molecule has 12 aromatic carbocycles. The quantitative estimate of drug-likeness (QED) is 0.155. The van der Waals surface area contributed by atoms with Crippen LogP contribution < -0.4 is 9.80 Å². The first-order valence-corrected chi connectivity index (χ1v) is 29.8. The summed E-state index contributed by atoms with van der Waals surface area (Å²) in [7, 11) is 0. The van der Waals surface area contributed by atoms with Crippen LogP contribution >= 0.6 is 0 Å². The number of rotatable bonds is 6. The summed E-state index contributed by atoms with van der Waals surface area (Å²) in [6, 6.07) is 81.7. The van der Waals surface area contributed by atoms with Gasteiger partial charge in [0, 0.05) is 55.1 Å². The Labute approximate surface area is 491 Å². The Hall–Kier alpha value is -9.38. The Morgan fingerprint density at radius 3 is 1.02 bits per heavy atom. The van der Waals surface area contributed by atoms with Gasteiger partial charge in [0.25, 0.3) is 0 Å². The first kappa shape index (κ1) is 50.4. The average molecular weight is 1090 g/mol. The molecule has 0 atom stereocenters. The Bertz CT molecular complexity index is 4770. The van der Waals surface area contributed by atoms with Crippen LogP contribution in [0.25, 0.3) is 98.4 Å². The highest BCUT2D eigenvalue weighted by atomic mass is 16.3. The van der Waals surface area contributed by atoms with Crippen LogP contribution in [0.5, 0.6) is 0 Å². The van der Waals surface area contributed by atoms with Gasteiger partial charge in [-0.3, -0.25) is 0 Å². The maximum Gasteiger partial charge on any atom is 0.146 e. The Balaban J connectivity index is 1.03. The van der Waals surface area contributed by atoms with Gasteiger partial charge in [0.15, 0.2) is 0 Å². The molecule has 2 aromatic heterocycles. The van der Waals surface area contributed by atoms with Crippen molar-refractivity contribution in [3.63, 3.8) is 0 Å². The largest absolute Gasteiger partial charge is 0.455 e. The molecular formula is C80H66N2O2. The van der Waals surface area contributed by atoms with Gasteiger partial charge in [-0.1, -0.05) is 215 Å². The molecule has 408 valence electrons. The summed E-state index contributed by atoms with van der Waals surface area (Å²) in [5.74, 6) is 0.